The number of halogens is 2. The minimum atomic E-state index is -0.452. The van der Waals surface area contributed by atoms with E-state index in [1.54, 1.807) is 17.0 Å². The van der Waals surface area contributed by atoms with Gasteiger partial charge in [-0.2, -0.15) is 0 Å². The van der Waals surface area contributed by atoms with Crippen molar-refractivity contribution in [3.63, 3.8) is 0 Å². The maximum Gasteiger partial charge on any atom is 0.410 e. The lowest BCUT2D eigenvalue weighted by atomic mass is 9.90. The van der Waals surface area contributed by atoms with E-state index >= 15 is 0 Å². The molecular weight excluding hydrogens is 347 g/mol. The van der Waals surface area contributed by atoms with Crippen molar-refractivity contribution in [3.05, 3.63) is 28.2 Å². The number of likely N-dealkylation sites (tertiary alicyclic amines) is 1. The molecule has 134 valence electrons. The van der Waals surface area contributed by atoms with Crippen molar-refractivity contribution in [1.82, 2.24) is 4.90 Å². The summed E-state index contributed by atoms with van der Waals surface area (Å²) in [6.07, 6.45) is 1.65. The summed E-state index contributed by atoms with van der Waals surface area (Å²) in [7, 11) is 0. The normalized spacial score (nSPS) is 17.5. The highest BCUT2D eigenvalue weighted by molar-refractivity contribution is 6.35. The second kappa shape index (κ2) is 7.83. The molecule has 24 heavy (non-hydrogen) atoms. The Morgan fingerprint density at radius 3 is 2.50 bits per heavy atom. The van der Waals surface area contributed by atoms with E-state index in [1.807, 2.05) is 26.8 Å². The molecule has 0 aromatic heterocycles. The molecule has 1 fully saturated rings. The van der Waals surface area contributed by atoms with Crippen LogP contribution in [0.1, 0.15) is 40.5 Å². The van der Waals surface area contributed by atoms with Crippen LogP contribution in [0.3, 0.4) is 0 Å². The fourth-order valence-corrected chi connectivity index (χ4v) is 3.22. The predicted octanol–water partition coefficient (Wildman–Crippen LogP) is 5.44. The van der Waals surface area contributed by atoms with Gasteiger partial charge in [0.2, 0.25) is 0 Å². The third-order valence-electron chi connectivity index (χ3n) is 4.21. The van der Waals surface area contributed by atoms with Crippen molar-refractivity contribution in [1.29, 1.82) is 0 Å². The molecular formula is C18H26Cl2N2O2. The number of nitrogens with one attached hydrogen (secondary N) is 1. The van der Waals surface area contributed by atoms with Crippen molar-refractivity contribution in [2.45, 2.75) is 52.2 Å². The number of benzene rings is 1. The van der Waals surface area contributed by atoms with Crippen LogP contribution < -0.4 is 5.32 Å². The molecule has 0 spiro atoms. The third-order valence-corrected chi connectivity index (χ3v) is 4.77. The van der Waals surface area contributed by atoms with Crippen LogP contribution in [0.15, 0.2) is 18.2 Å². The Labute approximate surface area is 154 Å². The zero-order valence-corrected chi connectivity index (χ0v) is 16.2. The Balaban J connectivity index is 1.87. The first-order valence-corrected chi connectivity index (χ1v) is 9.11. The number of carbonyl (C=O) groups excluding carboxylic acids is 1. The Morgan fingerprint density at radius 2 is 1.92 bits per heavy atom. The highest BCUT2D eigenvalue weighted by atomic mass is 35.5. The standard InChI is InChI=1S/C18H26Cl2N2O2/c1-12(21-16-11-14(19)5-6-15(16)20)13-7-9-22(10-8-13)17(23)24-18(2,3)4/h5-6,11-13,21H,7-10H2,1-4H3. The van der Waals surface area contributed by atoms with Crippen molar-refractivity contribution in [2.24, 2.45) is 5.92 Å². The second-order valence-corrected chi connectivity index (χ2v) is 8.21. The lowest BCUT2D eigenvalue weighted by Crippen LogP contribution is -2.44. The molecule has 0 aliphatic carbocycles. The van der Waals surface area contributed by atoms with Gasteiger partial charge in [-0.15, -0.1) is 0 Å². The fraction of sp³-hybridized carbons (Fsp3) is 0.611. The first-order valence-electron chi connectivity index (χ1n) is 8.35. The molecule has 1 aromatic carbocycles. The van der Waals surface area contributed by atoms with E-state index in [4.69, 9.17) is 27.9 Å². The molecule has 1 amide bonds. The van der Waals surface area contributed by atoms with Gasteiger partial charge < -0.3 is 15.0 Å². The number of hydrogen-bond acceptors (Lipinski definition) is 3. The van der Waals surface area contributed by atoms with Crippen molar-refractivity contribution in [2.75, 3.05) is 18.4 Å². The van der Waals surface area contributed by atoms with E-state index in [0.29, 0.717) is 16.0 Å². The van der Waals surface area contributed by atoms with E-state index in [0.717, 1.165) is 31.6 Å². The van der Waals surface area contributed by atoms with Crippen LogP contribution in [0.25, 0.3) is 0 Å². The number of hydrogen-bond donors (Lipinski definition) is 1. The van der Waals surface area contributed by atoms with Gasteiger partial charge in [-0.3, -0.25) is 0 Å². The Bertz CT molecular complexity index is 579. The summed E-state index contributed by atoms with van der Waals surface area (Å²) < 4.78 is 5.44. The summed E-state index contributed by atoms with van der Waals surface area (Å²) >= 11 is 12.3. The molecule has 1 heterocycles. The molecule has 6 heteroatoms. The molecule has 0 bridgehead atoms. The van der Waals surface area contributed by atoms with Crippen LogP contribution in [-0.4, -0.2) is 35.7 Å². The SMILES string of the molecule is CC(Nc1cc(Cl)ccc1Cl)C1CCN(C(=O)OC(C)(C)C)CC1. The number of piperidine rings is 1. The molecule has 0 saturated carbocycles. The van der Waals surface area contributed by atoms with Gasteiger partial charge in [-0.1, -0.05) is 23.2 Å². The number of carbonyl (C=O) groups is 1. The van der Waals surface area contributed by atoms with Gasteiger partial charge in [0.15, 0.2) is 0 Å². The summed E-state index contributed by atoms with van der Waals surface area (Å²) in [5.74, 6) is 0.471. The van der Waals surface area contributed by atoms with Gasteiger partial charge in [-0.25, -0.2) is 4.79 Å². The molecule has 1 saturated heterocycles. The molecule has 1 aliphatic heterocycles. The van der Waals surface area contributed by atoms with E-state index < -0.39 is 5.60 Å². The van der Waals surface area contributed by atoms with Crippen molar-refractivity contribution >= 4 is 35.0 Å². The van der Waals surface area contributed by atoms with Gasteiger partial charge in [-0.05, 0) is 64.7 Å². The van der Waals surface area contributed by atoms with Crippen LogP contribution in [-0.2, 0) is 4.74 Å². The van der Waals surface area contributed by atoms with Crippen molar-refractivity contribution in [3.8, 4) is 0 Å². The maximum absolute atomic E-state index is 12.1. The highest BCUT2D eigenvalue weighted by Crippen LogP contribution is 2.29. The summed E-state index contributed by atoms with van der Waals surface area (Å²) in [4.78, 5) is 13.9. The van der Waals surface area contributed by atoms with Crippen LogP contribution >= 0.6 is 23.2 Å². The zero-order chi connectivity index (χ0) is 17.9. The van der Waals surface area contributed by atoms with E-state index in [-0.39, 0.29) is 12.1 Å². The predicted molar refractivity (Wildman–Crippen MR) is 100 cm³/mol. The lowest BCUT2D eigenvalue weighted by Gasteiger charge is -2.36. The third kappa shape index (κ3) is 5.45. The number of amides is 1. The molecule has 1 atom stereocenters. The fourth-order valence-electron chi connectivity index (χ4n) is 2.88. The molecule has 4 nitrogen and oxygen atoms in total. The molecule has 2 rings (SSSR count). The highest BCUT2D eigenvalue weighted by Gasteiger charge is 2.29. The smallest absolute Gasteiger partial charge is 0.410 e. The Hall–Kier alpha value is -1.13. The van der Waals surface area contributed by atoms with Gasteiger partial charge >= 0.3 is 6.09 Å². The van der Waals surface area contributed by atoms with Gasteiger partial charge in [0.25, 0.3) is 0 Å². The lowest BCUT2D eigenvalue weighted by molar-refractivity contribution is 0.0179. The average Bonchev–Trinajstić information content (AvgIpc) is 2.49. The van der Waals surface area contributed by atoms with Gasteiger partial charge in [0.1, 0.15) is 5.60 Å². The van der Waals surface area contributed by atoms with Crippen LogP contribution in [0, 0.1) is 5.92 Å². The second-order valence-electron chi connectivity index (χ2n) is 7.36. The van der Waals surface area contributed by atoms with E-state index in [2.05, 4.69) is 12.2 Å². The first kappa shape index (κ1) is 19.2. The Morgan fingerprint density at radius 1 is 1.29 bits per heavy atom. The summed E-state index contributed by atoms with van der Waals surface area (Å²) in [5.41, 5.74) is 0.401. The molecule has 1 unspecified atom stereocenters. The largest absolute Gasteiger partial charge is 0.444 e. The number of ether oxygens (including phenoxy) is 1. The quantitative estimate of drug-likeness (QED) is 0.767. The molecule has 1 aliphatic rings. The Kier molecular flexibility index (Phi) is 6.27. The van der Waals surface area contributed by atoms with Crippen molar-refractivity contribution < 1.29 is 9.53 Å². The van der Waals surface area contributed by atoms with Gasteiger partial charge in [0.05, 0.1) is 10.7 Å². The van der Waals surface area contributed by atoms with E-state index in [1.165, 1.54) is 0 Å². The average molecular weight is 373 g/mol. The summed E-state index contributed by atoms with van der Waals surface area (Å²) in [5, 5.41) is 4.78. The molecule has 1 aromatic rings. The van der Waals surface area contributed by atoms with E-state index in [9.17, 15) is 4.79 Å². The monoisotopic (exact) mass is 372 g/mol. The summed E-state index contributed by atoms with van der Waals surface area (Å²) in [6, 6.07) is 5.67. The zero-order valence-electron chi connectivity index (χ0n) is 14.7. The minimum Gasteiger partial charge on any atom is -0.444 e. The topological polar surface area (TPSA) is 41.6 Å². The molecule has 0 radical (unpaired) electrons. The number of nitrogens with zero attached hydrogens (tertiary/aromatic N) is 1. The minimum absolute atomic E-state index is 0.223. The first-order chi connectivity index (χ1) is 11.2. The van der Waals surface area contributed by atoms with Crippen LogP contribution in [0.4, 0.5) is 10.5 Å². The maximum atomic E-state index is 12.1. The molecule has 1 N–H and O–H groups in total. The van der Waals surface area contributed by atoms with Gasteiger partial charge in [0, 0.05) is 24.2 Å². The number of anilines is 1. The van der Waals surface area contributed by atoms with Crippen LogP contribution in [0.5, 0.6) is 0 Å². The number of rotatable bonds is 3. The summed E-state index contributed by atoms with van der Waals surface area (Å²) in [6.45, 7) is 9.24. The van der Waals surface area contributed by atoms with Crippen LogP contribution in [0.2, 0.25) is 10.0 Å².